The normalized spacial score (nSPS) is 11.2. The lowest BCUT2D eigenvalue weighted by Gasteiger charge is -2.19. The number of para-hydroxylation sites is 1. The Kier molecular flexibility index (Phi) is 3.65. The van der Waals surface area contributed by atoms with Gasteiger partial charge in [0.2, 0.25) is 0 Å². The van der Waals surface area contributed by atoms with Crippen LogP contribution < -0.4 is 11.1 Å². The Morgan fingerprint density at radius 3 is 2.55 bits per heavy atom. The number of nitrogens with two attached hydrogens (primary N) is 1. The Hall–Kier alpha value is -2.50. The van der Waals surface area contributed by atoms with Crippen LogP contribution in [-0.4, -0.2) is 21.5 Å². The first-order valence-corrected chi connectivity index (χ1v) is 6.26. The number of aromatic nitrogens is 2. The van der Waals surface area contributed by atoms with Gasteiger partial charge >= 0.3 is 6.09 Å². The van der Waals surface area contributed by atoms with Crippen LogP contribution in [0.3, 0.4) is 0 Å². The Labute approximate surface area is 117 Å². The largest absolute Gasteiger partial charge is 0.444 e. The summed E-state index contributed by atoms with van der Waals surface area (Å²) in [5.41, 5.74) is 6.66. The minimum absolute atomic E-state index is 0.349. The van der Waals surface area contributed by atoms with E-state index < -0.39 is 11.7 Å². The summed E-state index contributed by atoms with van der Waals surface area (Å²) < 4.78 is 6.72. The van der Waals surface area contributed by atoms with Crippen molar-refractivity contribution in [1.29, 1.82) is 0 Å². The van der Waals surface area contributed by atoms with Gasteiger partial charge in [-0.2, -0.15) is 5.10 Å². The Morgan fingerprint density at radius 2 is 1.95 bits per heavy atom. The molecule has 20 heavy (non-hydrogen) atoms. The third kappa shape index (κ3) is 3.28. The molecule has 1 amide bonds. The third-order valence-electron chi connectivity index (χ3n) is 2.44. The molecule has 0 saturated heterocycles. The number of nitrogens with one attached hydrogen (secondary N) is 1. The van der Waals surface area contributed by atoms with Gasteiger partial charge in [0.1, 0.15) is 11.3 Å². The zero-order chi connectivity index (χ0) is 14.8. The molecular weight excluding hydrogens is 256 g/mol. The summed E-state index contributed by atoms with van der Waals surface area (Å²) in [5, 5.41) is 6.74. The van der Waals surface area contributed by atoms with Crippen LogP contribution in [0.4, 0.5) is 16.3 Å². The van der Waals surface area contributed by atoms with Gasteiger partial charge in [0.15, 0.2) is 5.82 Å². The molecule has 0 aliphatic heterocycles. The van der Waals surface area contributed by atoms with E-state index in [1.54, 1.807) is 25.5 Å². The Bertz CT molecular complexity index is 599. The number of benzene rings is 1. The Morgan fingerprint density at radius 1 is 1.30 bits per heavy atom. The molecule has 0 fully saturated rings. The summed E-state index contributed by atoms with van der Waals surface area (Å²) in [6.07, 6.45) is 0.934. The second kappa shape index (κ2) is 5.24. The van der Waals surface area contributed by atoms with E-state index >= 15 is 0 Å². The highest BCUT2D eigenvalue weighted by atomic mass is 16.6. The molecular formula is C14H18N4O2. The van der Waals surface area contributed by atoms with Crippen molar-refractivity contribution in [1.82, 2.24) is 9.78 Å². The first-order chi connectivity index (χ1) is 9.37. The van der Waals surface area contributed by atoms with E-state index in [9.17, 15) is 4.79 Å². The molecule has 2 aromatic rings. The molecule has 0 unspecified atom stereocenters. The maximum absolute atomic E-state index is 11.7. The smallest absolute Gasteiger partial charge is 0.412 e. The minimum Gasteiger partial charge on any atom is -0.444 e. The summed E-state index contributed by atoms with van der Waals surface area (Å²) in [7, 11) is 0. The molecule has 106 valence electrons. The van der Waals surface area contributed by atoms with Crippen LogP contribution in [0.25, 0.3) is 5.69 Å². The number of carbonyl (C=O) groups excluding carboxylic acids is 1. The van der Waals surface area contributed by atoms with E-state index in [0.29, 0.717) is 11.5 Å². The lowest BCUT2D eigenvalue weighted by atomic mass is 10.2. The van der Waals surface area contributed by atoms with Crippen LogP contribution in [0.1, 0.15) is 20.8 Å². The topological polar surface area (TPSA) is 82.2 Å². The second-order valence-corrected chi connectivity index (χ2v) is 5.32. The molecule has 0 atom stereocenters. The SMILES string of the molecule is CC(C)(C)OC(=O)Nc1cnn(-c2ccccc2)c1N. The van der Waals surface area contributed by atoms with Crippen LogP contribution in [0.15, 0.2) is 36.5 Å². The van der Waals surface area contributed by atoms with Crippen LogP contribution in [0, 0.1) is 0 Å². The van der Waals surface area contributed by atoms with E-state index in [1.807, 2.05) is 30.3 Å². The molecule has 1 aromatic heterocycles. The van der Waals surface area contributed by atoms with Gasteiger partial charge in [0.05, 0.1) is 11.9 Å². The summed E-state index contributed by atoms with van der Waals surface area (Å²) in [5.74, 6) is 0.349. The predicted octanol–water partition coefficient (Wildman–Crippen LogP) is 2.80. The van der Waals surface area contributed by atoms with Gasteiger partial charge in [-0.25, -0.2) is 9.48 Å². The van der Waals surface area contributed by atoms with Gasteiger partial charge in [-0.1, -0.05) is 18.2 Å². The summed E-state index contributed by atoms with van der Waals surface area (Å²) >= 11 is 0. The number of hydrogen-bond acceptors (Lipinski definition) is 4. The highest BCUT2D eigenvalue weighted by Crippen LogP contribution is 2.22. The maximum Gasteiger partial charge on any atom is 0.412 e. The lowest BCUT2D eigenvalue weighted by molar-refractivity contribution is 0.0636. The van der Waals surface area contributed by atoms with Crippen molar-refractivity contribution < 1.29 is 9.53 Å². The molecule has 0 aliphatic carbocycles. The summed E-state index contributed by atoms with van der Waals surface area (Å²) in [4.78, 5) is 11.7. The van der Waals surface area contributed by atoms with E-state index in [-0.39, 0.29) is 0 Å². The van der Waals surface area contributed by atoms with Gasteiger partial charge in [0, 0.05) is 0 Å². The molecule has 1 heterocycles. The molecule has 6 nitrogen and oxygen atoms in total. The highest BCUT2D eigenvalue weighted by Gasteiger charge is 2.18. The molecule has 0 aliphatic rings. The summed E-state index contributed by atoms with van der Waals surface area (Å²) in [6, 6.07) is 9.43. The number of anilines is 2. The quantitative estimate of drug-likeness (QED) is 0.882. The molecule has 3 N–H and O–H groups in total. The van der Waals surface area contributed by atoms with E-state index in [2.05, 4.69) is 10.4 Å². The molecule has 1 aromatic carbocycles. The van der Waals surface area contributed by atoms with E-state index in [4.69, 9.17) is 10.5 Å². The van der Waals surface area contributed by atoms with Gasteiger partial charge in [-0.15, -0.1) is 0 Å². The molecule has 2 rings (SSSR count). The van der Waals surface area contributed by atoms with Crippen molar-refractivity contribution in [2.45, 2.75) is 26.4 Å². The van der Waals surface area contributed by atoms with Crippen molar-refractivity contribution in [2.75, 3.05) is 11.1 Å². The van der Waals surface area contributed by atoms with E-state index in [1.165, 1.54) is 6.20 Å². The van der Waals surface area contributed by atoms with Gasteiger partial charge < -0.3 is 10.5 Å². The fraction of sp³-hybridized carbons (Fsp3) is 0.286. The fourth-order valence-corrected chi connectivity index (χ4v) is 1.64. The zero-order valence-corrected chi connectivity index (χ0v) is 11.8. The first kappa shape index (κ1) is 13.9. The average Bonchev–Trinajstić information content (AvgIpc) is 2.70. The molecule has 0 saturated carbocycles. The van der Waals surface area contributed by atoms with Crippen LogP contribution in [0.5, 0.6) is 0 Å². The fourth-order valence-electron chi connectivity index (χ4n) is 1.64. The summed E-state index contributed by atoms with van der Waals surface area (Å²) in [6.45, 7) is 5.38. The monoisotopic (exact) mass is 274 g/mol. The van der Waals surface area contributed by atoms with Crippen molar-refractivity contribution in [3.8, 4) is 5.69 Å². The van der Waals surface area contributed by atoms with Crippen molar-refractivity contribution in [2.24, 2.45) is 0 Å². The van der Waals surface area contributed by atoms with Gasteiger partial charge in [-0.05, 0) is 32.9 Å². The van der Waals surface area contributed by atoms with Crippen molar-refractivity contribution in [3.63, 3.8) is 0 Å². The van der Waals surface area contributed by atoms with Crippen LogP contribution in [0.2, 0.25) is 0 Å². The molecule has 0 spiro atoms. The second-order valence-electron chi connectivity index (χ2n) is 5.32. The predicted molar refractivity (Wildman–Crippen MR) is 77.8 cm³/mol. The maximum atomic E-state index is 11.7. The number of amides is 1. The lowest BCUT2D eigenvalue weighted by Crippen LogP contribution is -2.27. The first-order valence-electron chi connectivity index (χ1n) is 6.26. The number of nitrogen functional groups attached to an aromatic ring is 1. The number of ether oxygens (including phenoxy) is 1. The Balaban J connectivity index is 2.16. The number of carbonyl (C=O) groups is 1. The zero-order valence-electron chi connectivity index (χ0n) is 11.8. The van der Waals surface area contributed by atoms with E-state index in [0.717, 1.165) is 5.69 Å². The van der Waals surface area contributed by atoms with Crippen molar-refractivity contribution >= 4 is 17.6 Å². The molecule has 0 bridgehead atoms. The van der Waals surface area contributed by atoms with Crippen LogP contribution >= 0.6 is 0 Å². The standard InChI is InChI=1S/C14H18N4O2/c1-14(2,3)20-13(19)17-11-9-16-18(12(11)15)10-7-5-4-6-8-10/h4-9H,15H2,1-3H3,(H,17,19). The van der Waals surface area contributed by atoms with Crippen molar-refractivity contribution in [3.05, 3.63) is 36.5 Å². The number of hydrogen-bond donors (Lipinski definition) is 2. The average molecular weight is 274 g/mol. The number of nitrogens with zero attached hydrogens (tertiary/aromatic N) is 2. The minimum atomic E-state index is -0.561. The number of rotatable bonds is 2. The van der Waals surface area contributed by atoms with Gasteiger partial charge in [-0.3, -0.25) is 5.32 Å². The molecule has 6 heteroatoms. The third-order valence-corrected chi connectivity index (χ3v) is 2.44. The molecule has 0 radical (unpaired) electrons. The van der Waals surface area contributed by atoms with Crippen LogP contribution in [-0.2, 0) is 4.74 Å². The van der Waals surface area contributed by atoms with Gasteiger partial charge in [0.25, 0.3) is 0 Å². The highest BCUT2D eigenvalue weighted by molar-refractivity contribution is 5.88.